The van der Waals surface area contributed by atoms with Crippen LogP contribution < -0.4 is 19.7 Å². The van der Waals surface area contributed by atoms with Crippen LogP contribution in [-0.2, 0) is 9.59 Å². The molecule has 1 N–H and O–H groups in total. The van der Waals surface area contributed by atoms with Crippen molar-refractivity contribution in [3.05, 3.63) is 48.5 Å². The lowest BCUT2D eigenvalue weighted by Gasteiger charge is -2.34. The summed E-state index contributed by atoms with van der Waals surface area (Å²) in [5.74, 6) is -0.369. The molecule has 0 aromatic heterocycles. The van der Waals surface area contributed by atoms with Crippen molar-refractivity contribution in [2.24, 2.45) is 0 Å². The number of hydrogen-bond donors (Lipinski definition) is 1. The molecule has 2 aliphatic rings. The summed E-state index contributed by atoms with van der Waals surface area (Å²) in [6.07, 6.45) is -6.03. The highest BCUT2D eigenvalue weighted by Crippen LogP contribution is 2.38. The van der Waals surface area contributed by atoms with Crippen LogP contribution in [0.15, 0.2) is 48.5 Å². The van der Waals surface area contributed by atoms with Crippen molar-refractivity contribution in [3.63, 3.8) is 0 Å². The van der Waals surface area contributed by atoms with Gasteiger partial charge in [-0.05, 0) is 31.3 Å². The molecule has 32 heavy (non-hydrogen) atoms. The van der Waals surface area contributed by atoms with E-state index in [9.17, 15) is 22.8 Å². The zero-order chi connectivity index (χ0) is 22.9. The van der Waals surface area contributed by atoms with Gasteiger partial charge in [0.1, 0.15) is 18.8 Å². The van der Waals surface area contributed by atoms with Gasteiger partial charge in [0, 0.05) is 6.54 Å². The third kappa shape index (κ3) is 4.64. The second-order valence-electron chi connectivity index (χ2n) is 7.78. The van der Waals surface area contributed by atoms with Crippen LogP contribution in [0, 0.1) is 0 Å². The van der Waals surface area contributed by atoms with Gasteiger partial charge in [0.2, 0.25) is 11.8 Å². The molecular weight excluding hydrogens is 427 g/mol. The fraction of sp³-hybridized carbons (Fsp3) is 0.364. The first-order valence-corrected chi connectivity index (χ1v) is 10.1. The summed E-state index contributed by atoms with van der Waals surface area (Å²) in [5.41, 5.74) is 0.186. The predicted octanol–water partition coefficient (Wildman–Crippen LogP) is 3.06. The molecule has 2 aromatic rings. The second-order valence-corrected chi connectivity index (χ2v) is 7.78. The van der Waals surface area contributed by atoms with Crippen LogP contribution in [0.5, 0.6) is 11.5 Å². The average Bonchev–Trinajstić information content (AvgIpc) is 2.89. The first-order chi connectivity index (χ1) is 15.2. The molecule has 0 spiro atoms. The lowest BCUT2D eigenvalue weighted by molar-refractivity contribution is -0.158. The predicted molar refractivity (Wildman–Crippen MR) is 111 cm³/mol. The van der Waals surface area contributed by atoms with E-state index in [1.54, 1.807) is 36.2 Å². The number of anilines is 2. The van der Waals surface area contributed by atoms with E-state index in [2.05, 4.69) is 5.32 Å². The quantitative estimate of drug-likeness (QED) is 0.777. The van der Waals surface area contributed by atoms with Crippen LogP contribution >= 0.6 is 0 Å². The summed E-state index contributed by atoms with van der Waals surface area (Å²) < 4.78 is 53.0. The molecule has 10 heteroatoms. The van der Waals surface area contributed by atoms with E-state index in [1.165, 1.54) is 18.2 Å². The molecular formula is C22H22F3N3O4. The summed E-state index contributed by atoms with van der Waals surface area (Å²) >= 11 is 0. The van der Waals surface area contributed by atoms with E-state index in [0.29, 0.717) is 16.4 Å². The van der Waals surface area contributed by atoms with Crippen LogP contribution in [-0.4, -0.2) is 61.8 Å². The molecule has 170 valence electrons. The van der Waals surface area contributed by atoms with Crippen molar-refractivity contribution in [2.45, 2.75) is 24.7 Å². The van der Waals surface area contributed by atoms with Crippen molar-refractivity contribution in [1.82, 2.24) is 4.90 Å². The Bertz CT molecular complexity index is 1010. The smallest absolute Gasteiger partial charge is 0.409 e. The van der Waals surface area contributed by atoms with Gasteiger partial charge in [-0.15, -0.1) is 0 Å². The number of amides is 2. The summed E-state index contributed by atoms with van der Waals surface area (Å²) in [5, 5.41) is 2.45. The number of nitrogens with zero attached hydrogens (tertiary/aromatic N) is 2. The molecule has 0 bridgehead atoms. The Morgan fingerprint density at radius 1 is 1.16 bits per heavy atom. The van der Waals surface area contributed by atoms with Gasteiger partial charge in [-0.2, -0.15) is 13.2 Å². The minimum atomic E-state index is -4.77. The van der Waals surface area contributed by atoms with Crippen molar-refractivity contribution in [1.29, 1.82) is 0 Å². The van der Waals surface area contributed by atoms with E-state index in [0.717, 1.165) is 0 Å². The van der Waals surface area contributed by atoms with Crippen LogP contribution in [0.2, 0.25) is 0 Å². The highest BCUT2D eigenvalue weighted by atomic mass is 19.4. The molecule has 0 saturated carbocycles. The second kappa shape index (κ2) is 8.70. The molecule has 2 heterocycles. The minimum absolute atomic E-state index is 0.0188. The number of para-hydroxylation sites is 4. The first-order valence-electron chi connectivity index (χ1n) is 10.1. The lowest BCUT2D eigenvalue weighted by atomic mass is 10.1. The minimum Gasteiger partial charge on any atom is -0.486 e. The number of likely N-dealkylation sites (N-methyl/N-ethyl adjacent to an activating group) is 1. The standard InChI is InChI=1S/C22H22F3N3O4/c1-27(11-14-13-31-17-8-4-5-9-18(17)32-14)12-21(30)28-16-7-3-2-6-15(16)26-20(29)10-19(28)22(23,24)25/h2-9,14,19H,10-13H2,1H3,(H,26,29)/t14-,19-/m1/s1. The molecule has 2 aromatic carbocycles. The topological polar surface area (TPSA) is 71.1 Å². The number of carbonyl (C=O) groups excluding carboxylic acids is 2. The highest BCUT2D eigenvalue weighted by molar-refractivity contribution is 6.05. The van der Waals surface area contributed by atoms with Gasteiger partial charge in [-0.3, -0.25) is 19.4 Å². The van der Waals surface area contributed by atoms with E-state index in [4.69, 9.17) is 9.47 Å². The Labute approximate surface area is 182 Å². The number of benzene rings is 2. The molecule has 2 atom stereocenters. The van der Waals surface area contributed by atoms with E-state index < -0.39 is 30.5 Å². The maximum absolute atomic E-state index is 13.8. The highest BCUT2D eigenvalue weighted by Gasteiger charge is 2.49. The number of alkyl halides is 3. The number of nitrogens with one attached hydrogen (secondary N) is 1. The SMILES string of the molecule is CN(CC(=O)N1c2ccccc2NC(=O)C[C@@H]1C(F)(F)F)C[C@@H]1COc2ccccc2O1. The fourth-order valence-electron chi connectivity index (χ4n) is 3.87. The van der Waals surface area contributed by atoms with E-state index in [1.807, 2.05) is 6.07 Å². The van der Waals surface area contributed by atoms with Gasteiger partial charge in [0.15, 0.2) is 11.5 Å². The zero-order valence-electron chi connectivity index (χ0n) is 17.3. The zero-order valence-corrected chi connectivity index (χ0v) is 17.3. The summed E-state index contributed by atoms with van der Waals surface area (Å²) in [6.45, 7) is 0.228. The third-order valence-corrected chi connectivity index (χ3v) is 5.26. The summed E-state index contributed by atoms with van der Waals surface area (Å²) in [7, 11) is 1.62. The number of rotatable bonds is 4. The number of carbonyl (C=O) groups is 2. The van der Waals surface area contributed by atoms with Gasteiger partial charge in [0.25, 0.3) is 0 Å². The van der Waals surface area contributed by atoms with E-state index >= 15 is 0 Å². The molecule has 0 saturated heterocycles. The number of fused-ring (bicyclic) bond motifs is 2. The van der Waals surface area contributed by atoms with Gasteiger partial charge in [-0.1, -0.05) is 24.3 Å². The van der Waals surface area contributed by atoms with Crippen LogP contribution in [0.1, 0.15) is 6.42 Å². The molecule has 0 aliphatic carbocycles. The van der Waals surface area contributed by atoms with E-state index in [-0.39, 0.29) is 37.2 Å². The lowest BCUT2D eigenvalue weighted by Crippen LogP contribution is -2.53. The van der Waals surface area contributed by atoms with Crippen LogP contribution in [0.4, 0.5) is 24.5 Å². The molecule has 2 aliphatic heterocycles. The fourth-order valence-corrected chi connectivity index (χ4v) is 3.87. The molecule has 2 amide bonds. The summed E-state index contributed by atoms with van der Waals surface area (Å²) in [4.78, 5) is 27.4. The van der Waals surface area contributed by atoms with Gasteiger partial charge < -0.3 is 14.8 Å². The Hall–Kier alpha value is -3.27. The van der Waals surface area contributed by atoms with Crippen molar-refractivity contribution < 1.29 is 32.2 Å². The van der Waals surface area contributed by atoms with Crippen molar-refractivity contribution >= 4 is 23.2 Å². The van der Waals surface area contributed by atoms with Gasteiger partial charge in [-0.25, -0.2) is 0 Å². The van der Waals surface area contributed by atoms with Crippen molar-refractivity contribution in [2.75, 3.05) is 37.0 Å². The maximum Gasteiger partial charge on any atom is 0.409 e. The Morgan fingerprint density at radius 2 is 1.84 bits per heavy atom. The van der Waals surface area contributed by atoms with Gasteiger partial charge in [0.05, 0.1) is 24.3 Å². The third-order valence-electron chi connectivity index (χ3n) is 5.26. The largest absolute Gasteiger partial charge is 0.486 e. The first kappa shape index (κ1) is 21.9. The normalized spacial score (nSPS) is 20.4. The van der Waals surface area contributed by atoms with Crippen molar-refractivity contribution in [3.8, 4) is 11.5 Å². The number of hydrogen-bond acceptors (Lipinski definition) is 5. The molecule has 0 fully saturated rings. The number of ether oxygens (including phenoxy) is 2. The Morgan fingerprint density at radius 3 is 2.59 bits per heavy atom. The molecule has 4 rings (SSSR count). The number of halogens is 3. The molecule has 0 radical (unpaired) electrons. The Kier molecular flexibility index (Phi) is 5.96. The summed E-state index contributed by atoms with van der Waals surface area (Å²) in [6, 6.07) is 10.9. The van der Waals surface area contributed by atoms with Crippen LogP contribution in [0.25, 0.3) is 0 Å². The van der Waals surface area contributed by atoms with Crippen LogP contribution in [0.3, 0.4) is 0 Å². The monoisotopic (exact) mass is 449 g/mol. The molecule has 7 nitrogen and oxygen atoms in total. The molecule has 0 unspecified atom stereocenters. The maximum atomic E-state index is 13.8. The van der Waals surface area contributed by atoms with Gasteiger partial charge >= 0.3 is 6.18 Å². The average molecular weight is 449 g/mol. The Balaban J connectivity index is 1.51.